The molecule has 664 valence electrons. The number of fused-ring (bicyclic) bond motifs is 18. The Labute approximate surface area is 758 Å². The van der Waals surface area contributed by atoms with Crippen molar-refractivity contribution in [1.82, 2.24) is 5.32 Å². The highest BCUT2D eigenvalue weighted by atomic mass is 16.6. The van der Waals surface area contributed by atoms with Gasteiger partial charge in [0.15, 0.2) is 0 Å². The number of unbranched alkanes of at least 4 members (excludes halogenated alkanes) is 10. The predicted molar refractivity (Wildman–Crippen MR) is 540 cm³/mol. The molecule has 0 unspecified atom stereocenters. The van der Waals surface area contributed by atoms with Gasteiger partial charge in [-0.2, -0.15) is 0 Å². The van der Waals surface area contributed by atoms with Crippen LogP contribution in [-0.4, -0.2) is 24.8 Å². The van der Waals surface area contributed by atoms with Gasteiger partial charge in [-0.3, -0.25) is 0 Å². The van der Waals surface area contributed by atoms with E-state index in [1.54, 1.807) is 66.8 Å². The molecule has 0 fully saturated rings. The molecule has 0 heterocycles. The van der Waals surface area contributed by atoms with Crippen LogP contribution in [0.5, 0.6) is 0 Å². The molecule has 0 aliphatic heterocycles. The Bertz CT molecular complexity index is 4910. The average molecular weight is 1670 g/mol. The van der Waals surface area contributed by atoms with Crippen molar-refractivity contribution in [3.8, 4) is 66.8 Å². The number of nitrogens with two attached hydrogens (primary N) is 1. The number of nitrogens with one attached hydrogen (secondary N) is 1. The minimum atomic E-state index is -0.454. The van der Waals surface area contributed by atoms with Crippen molar-refractivity contribution in [2.75, 3.05) is 13.1 Å². The van der Waals surface area contributed by atoms with Crippen molar-refractivity contribution < 1.29 is 9.53 Å². The van der Waals surface area contributed by atoms with Gasteiger partial charge in [-0.15, -0.1) is 0 Å². The maximum absolute atomic E-state index is 11.8. The Morgan fingerprint density at radius 1 is 0.264 bits per heavy atom. The van der Waals surface area contributed by atoms with E-state index in [1.807, 2.05) is 20.8 Å². The van der Waals surface area contributed by atoms with E-state index in [0.717, 1.165) is 32.2 Å². The second-order valence-electron chi connectivity index (χ2n) is 41.2. The Balaban J connectivity index is 0.000000146. The molecule has 3 N–H and O–H groups in total. The summed E-state index contributed by atoms with van der Waals surface area (Å²) in [5.74, 6) is 0. The van der Waals surface area contributed by atoms with E-state index >= 15 is 0 Å². The monoisotopic (exact) mass is 1670 g/mol. The normalized spacial score (nSPS) is 15.3. The fraction of sp³-hybridized carbons (Fsp3) is 0.496. The fourth-order valence-corrected chi connectivity index (χ4v) is 23.9. The lowest BCUT2D eigenvalue weighted by Gasteiger charge is -2.34. The maximum Gasteiger partial charge on any atom is 0.407 e. The first-order chi connectivity index (χ1) is 60.1. The number of hydrogen-bond donors (Lipinski definition) is 2. The van der Waals surface area contributed by atoms with E-state index in [0.29, 0.717) is 6.54 Å². The molecular formula is C121H158N2O2. The van der Waals surface area contributed by atoms with E-state index in [9.17, 15) is 4.79 Å². The molecule has 125 heavy (non-hydrogen) atoms. The molecule has 0 atom stereocenters. The third kappa shape index (κ3) is 18.5. The van der Waals surface area contributed by atoms with Crippen molar-refractivity contribution >= 4 is 6.09 Å². The van der Waals surface area contributed by atoms with Gasteiger partial charge >= 0.3 is 6.09 Å². The van der Waals surface area contributed by atoms with Crippen LogP contribution < -0.4 is 11.1 Å². The first kappa shape index (κ1) is 94.1. The lowest BCUT2D eigenvalue weighted by molar-refractivity contribution is 0.0526. The smallest absolute Gasteiger partial charge is 0.407 e. The summed E-state index contributed by atoms with van der Waals surface area (Å²) in [5.41, 5.74) is 53.7. The zero-order chi connectivity index (χ0) is 89.4. The van der Waals surface area contributed by atoms with Crippen LogP contribution in [-0.2, 0) is 37.2 Å². The van der Waals surface area contributed by atoms with Gasteiger partial charge in [-0.05, 0) is 318 Å². The lowest BCUT2D eigenvalue weighted by atomic mass is 9.68. The summed E-state index contributed by atoms with van der Waals surface area (Å²) in [6, 6.07) is 67.7. The van der Waals surface area contributed by atoms with Gasteiger partial charge in [0.05, 0.1) is 0 Å². The number of carbonyl (C=O) groups excluding carboxylic acids is 1. The average Bonchev–Trinajstić information content (AvgIpc) is 1.53. The van der Waals surface area contributed by atoms with Gasteiger partial charge in [0.2, 0.25) is 0 Å². The third-order valence-electron chi connectivity index (χ3n) is 30.5. The molecule has 10 aromatic rings. The highest BCUT2D eigenvalue weighted by Gasteiger charge is 2.51. The van der Waals surface area contributed by atoms with Crippen LogP contribution in [0.1, 0.15) is 394 Å². The summed E-state index contributed by atoms with van der Waals surface area (Å²) in [4.78, 5) is 11.8. The molecule has 16 rings (SSSR count). The van der Waals surface area contributed by atoms with Crippen LogP contribution in [0.25, 0.3) is 66.8 Å². The molecule has 6 aliphatic carbocycles. The highest BCUT2D eigenvalue weighted by Crippen LogP contribution is 2.64. The molecule has 0 radical (unpaired) electrons. The molecular weight excluding hydrogens is 1510 g/mol. The van der Waals surface area contributed by atoms with Gasteiger partial charge in [-0.1, -0.05) is 375 Å². The summed E-state index contributed by atoms with van der Waals surface area (Å²) >= 11 is 0. The lowest BCUT2D eigenvalue weighted by Crippen LogP contribution is -2.33. The van der Waals surface area contributed by atoms with E-state index in [4.69, 9.17) is 10.5 Å². The number of ether oxygens (including phenoxy) is 1. The van der Waals surface area contributed by atoms with Gasteiger partial charge in [-0.25, -0.2) is 4.79 Å². The van der Waals surface area contributed by atoms with Crippen LogP contribution in [0.15, 0.2) is 170 Å². The number of hydrogen-bond acceptors (Lipinski definition) is 3. The summed E-state index contributed by atoms with van der Waals surface area (Å²) in [7, 11) is 0. The van der Waals surface area contributed by atoms with Crippen LogP contribution in [0, 0.1) is 55.4 Å². The number of amides is 1. The molecule has 1 amide bonds. The van der Waals surface area contributed by atoms with Gasteiger partial charge in [0.1, 0.15) is 5.60 Å². The molecule has 0 spiro atoms. The topological polar surface area (TPSA) is 64.3 Å². The molecule has 6 aliphatic rings. The molecule has 0 aromatic heterocycles. The zero-order valence-electron chi connectivity index (χ0n) is 81.7. The Kier molecular flexibility index (Phi) is 30.1. The summed E-state index contributed by atoms with van der Waals surface area (Å²) in [5, 5.41) is 2.87. The maximum atomic E-state index is 11.8. The summed E-state index contributed by atoms with van der Waals surface area (Å²) < 4.78 is 5.31. The Morgan fingerprint density at radius 2 is 0.456 bits per heavy atom. The van der Waals surface area contributed by atoms with Crippen molar-refractivity contribution in [2.24, 2.45) is 5.73 Å². The van der Waals surface area contributed by atoms with Crippen LogP contribution in [0.3, 0.4) is 0 Å². The molecule has 4 heteroatoms. The van der Waals surface area contributed by atoms with Crippen molar-refractivity contribution in [3.63, 3.8) is 0 Å². The van der Waals surface area contributed by atoms with Crippen molar-refractivity contribution in [2.45, 2.75) is 376 Å². The van der Waals surface area contributed by atoms with Crippen molar-refractivity contribution in [1.29, 1.82) is 0 Å². The molecule has 10 aromatic carbocycles. The van der Waals surface area contributed by atoms with Gasteiger partial charge in [0, 0.05) is 39.0 Å². The second-order valence-corrected chi connectivity index (χ2v) is 41.2. The number of aryl methyl sites for hydroxylation is 8. The van der Waals surface area contributed by atoms with E-state index in [1.165, 1.54) is 278 Å². The number of benzene rings is 10. The number of carbonyl (C=O) groups is 1. The first-order valence-electron chi connectivity index (χ1n) is 50.0. The number of alkyl carbamates (subject to hydrolysis) is 1. The second kappa shape index (κ2) is 40.0. The van der Waals surface area contributed by atoms with Crippen LogP contribution in [0.4, 0.5) is 4.79 Å². The first-order valence-corrected chi connectivity index (χ1v) is 50.0. The minimum absolute atomic E-state index is 0.0224. The molecule has 0 saturated carbocycles. The Morgan fingerprint density at radius 3 is 0.656 bits per heavy atom. The van der Waals surface area contributed by atoms with Crippen molar-refractivity contribution in [3.05, 3.63) is 281 Å². The third-order valence-corrected chi connectivity index (χ3v) is 30.5. The Hall–Kier alpha value is -8.57. The van der Waals surface area contributed by atoms with Crippen LogP contribution in [0.2, 0.25) is 0 Å². The highest BCUT2D eigenvalue weighted by molar-refractivity contribution is 5.93. The summed E-state index contributed by atoms with van der Waals surface area (Å²) in [6.45, 7) is 48.6. The largest absolute Gasteiger partial charge is 0.444 e. The zero-order valence-corrected chi connectivity index (χ0v) is 81.7. The van der Waals surface area contributed by atoms with Crippen LogP contribution >= 0.6 is 0 Å². The fourth-order valence-electron chi connectivity index (χ4n) is 23.9. The summed E-state index contributed by atoms with van der Waals surface area (Å²) in [6.07, 6.45) is 36.7. The van der Waals surface area contributed by atoms with E-state index < -0.39 is 5.60 Å². The molecule has 4 nitrogen and oxygen atoms in total. The van der Waals surface area contributed by atoms with Gasteiger partial charge in [0.25, 0.3) is 0 Å². The minimum Gasteiger partial charge on any atom is -0.444 e. The van der Waals surface area contributed by atoms with E-state index in [2.05, 4.69) is 300 Å². The number of rotatable bonds is 33. The standard InChI is InChI=1S/2C38H50.C25H33NO2.C20H25N/c2*1-7-11-19-37(20-12-8-2)33-23-27(5)15-17-29(33)31-26-36-32(25-35(31)37)30-18-16-28(6)24-34(30)38(36,21-13-9-3)22-14-10-4;1-17-9-11-19-20-12-10-18(2)16-22(20)25(6,21(19)15-17)13-7-8-14-26-23(27)28-24(3,4)5;1-14-6-8-16-17-9-7-15(2)13-19(17)20(3,18(16)12-14)10-4-5-11-21/h2*15-18,23-26H,7-14,19-22H2,1-6H3;9-12,15-16H,7-8,13-14H2,1-6H3,(H,26,27);6-9,12-13H,4-5,10-11,21H2,1-3H3. The molecule has 0 bridgehead atoms. The SMILES string of the molecule is CCCCC1(CCCC)c2cc(C)ccc2-c2cc3c(cc21)-c1ccc(C)cc1C3(CCCC)CCCC.CCCCC1(CCCC)c2cc(C)ccc2-c2cc3c(cc21)-c1ccc(C)cc1C3(CCCC)CCCC.Cc1ccc2c(c1)C(C)(CCCCN)c1cc(C)ccc1-2.Cc1ccc2c(c1)C(C)(CCCCNC(=O)OC(C)(C)C)c1cc(C)ccc1-2. The van der Waals surface area contributed by atoms with E-state index in [-0.39, 0.29) is 38.6 Å². The predicted octanol–water partition coefficient (Wildman–Crippen LogP) is 34.2. The van der Waals surface area contributed by atoms with Gasteiger partial charge < -0.3 is 15.8 Å². The molecule has 0 saturated heterocycles. The quantitative estimate of drug-likeness (QED) is 0.0403.